The number of amides is 1. The number of carbonyl (C=O) groups excluding carboxylic acids is 1. The molecular weight excluding hydrogens is 456 g/mol. The summed E-state index contributed by atoms with van der Waals surface area (Å²) in [6, 6.07) is 5.56. The van der Waals surface area contributed by atoms with Gasteiger partial charge < -0.3 is 15.7 Å². The van der Waals surface area contributed by atoms with Gasteiger partial charge in [0.05, 0.1) is 18.6 Å². The number of carbonyl (C=O) groups is 1. The van der Waals surface area contributed by atoms with Gasteiger partial charge in [-0.05, 0) is 35.9 Å². The molecule has 1 aromatic heterocycles. The molecule has 1 aromatic carbocycles. The molecule has 0 atom stereocenters. The number of sulfonamides is 1. The molecule has 4 N–H and O–H groups in total. The van der Waals surface area contributed by atoms with Gasteiger partial charge in [-0.2, -0.15) is 13.2 Å². The molecule has 13 heteroatoms. The number of benzene rings is 1. The highest BCUT2D eigenvalue weighted by atomic mass is 32.2. The number of pyridine rings is 1. The van der Waals surface area contributed by atoms with Crippen molar-refractivity contribution in [1.82, 2.24) is 10.3 Å². The molecule has 1 heterocycles. The number of anilines is 2. The van der Waals surface area contributed by atoms with Crippen LogP contribution in [0.2, 0.25) is 0 Å². The monoisotopic (exact) mass is 476 g/mol. The smallest absolute Gasteiger partial charge is 0.395 e. The van der Waals surface area contributed by atoms with E-state index in [-0.39, 0.29) is 36.8 Å². The molecule has 0 fully saturated rings. The van der Waals surface area contributed by atoms with E-state index in [9.17, 15) is 30.8 Å². The van der Waals surface area contributed by atoms with Crippen molar-refractivity contribution in [3.05, 3.63) is 59.0 Å². The molecule has 32 heavy (non-hydrogen) atoms. The molecule has 1 amide bonds. The Hall–Kier alpha value is -3.19. The van der Waals surface area contributed by atoms with Crippen molar-refractivity contribution >= 4 is 33.5 Å². The fourth-order valence-corrected chi connectivity index (χ4v) is 3.01. The highest BCUT2D eigenvalue weighted by Crippen LogP contribution is 2.29. The summed E-state index contributed by atoms with van der Waals surface area (Å²) in [4.78, 5) is 15.5. The van der Waals surface area contributed by atoms with E-state index in [4.69, 9.17) is 5.11 Å². The first kappa shape index (κ1) is 25.1. The summed E-state index contributed by atoms with van der Waals surface area (Å²) in [6.45, 7) is -0.464. The molecule has 0 aliphatic rings. The van der Waals surface area contributed by atoms with Crippen LogP contribution < -0.4 is 15.4 Å². The average molecular weight is 476 g/mol. The fourth-order valence-electron chi connectivity index (χ4n) is 2.44. The van der Waals surface area contributed by atoms with Gasteiger partial charge in [-0.1, -0.05) is 6.07 Å². The molecule has 0 saturated heterocycles. The first-order chi connectivity index (χ1) is 14.9. The van der Waals surface area contributed by atoms with Gasteiger partial charge in [-0.25, -0.2) is 17.8 Å². The van der Waals surface area contributed by atoms with E-state index in [0.29, 0.717) is 5.56 Å². The minimum atomic E-state index is -4.66. The van der Waals surface area contributed by atoms with Gasteiger partial charge in [0.1, 0.15) is 17.3 Å². The molecule has 8 nitrogen and oxygen atoms in total. The van der Waals surface area contributed by atoms with Crippen LogP contribution in [0.5, 0.6) is 0 Å². The summed E-state index contributed by atoms with van der Waals surface area (Å²) in [5, 5.41) is 13.9. The van der Waals surface area contributed by atoms with Gasteiger partial charge in [-0.15, -0.1) is 0 Å². The minimum absolute atomic E-state index is 0.0445. The first-order valence-corrected chi connectivity index (χ1v) is 10.9. The number of aliphatic hydroxyl groups excluding tert-OH is 1. The Bertz CT molecular complexity index is 1100. The lowest BCUT2D eigenvalue weighted by Gasteiger charge is -2.12. The third kappa shape index (κ3) is 7.81. The predicted octanol–water partition coefficient (Wildman–Crippen LogP) is 2.34. The lowest BCUT2D eigenvalue weighted by atomic mass is 10.2. The molecule has 174 valence electrons. The number of aromatic nitrogens is 1. The Balaban J connectivity index is 2.06. The number of rotatable bonds is 9. The zero-order valence-corrected chi connectivity index (χ0v) is 17.5. The van der Waals surface area contributed by atoms with E-state index in [1.807, 2.05) is 4.72 Å². The van der Waals surface area contributed by atoms with Gasteiger partial charge in [0, 0.05) is 24.7 Å². The van der Waals surface area contributed by atoms with Crippen LogP contribution in [0.4, 0.5) is 29.1 Å². The summed E-state index contributed by atoms with van der Waals surface area (Å²) < 4.78 is 76.9. The van der Waals surface area contributed by atoms with Gasteiger partial charge in [0.2, 0.25) is 15.9 Å². The van der Waals surface area contributed by atoms with E-state index < -0.39 is 33.6 Å². The molecule has 0 unspecified atom stereocenters. The van der Waals surface area contributed by atoms with Gasteiger partial charge in [-0.3, -0.25) is 9.52 Å². The molecule has 2 aromatic rings. The van der Waals surface area contributed by atoms with E-state index in [2.05, 4.69) is 15.6 Å². The second-order valence-corrected chi connectivity index (χ2v) is 8.27. The van der Waals surface area contributed by atoms with Crippen LogP contribution in [0.1, 0.15) is 16.8 Å². The molecular formula is C19H20F4N4O4S. The fraction of sp³-hybridized carbons (Fsp3) is 0.263. The lowest BCUT2D eigenvalue weighted by Crippen LogP contribution is -2.20. The molecule has 2 rings (SSSR count). The van der Waals surface area contributed by atoms with E-state index in [1.165, 1.54) is 18.2 Å². The summed E-state index contributed by atoms with van der Waals surface area (Å²) in [7, 11) is -3.65. The highest BCUT2D eigenvalue weighted by molar-refractivity contribution is 7.92. The number of halogens is 4. The van der Waals surface area contributed by atoms with Crippen LogP contribution in [0.3, 0.4) is 0 Å². The average Bonchev–Trinajstić information content (AvgIpc) is 2.69. The zero-order valence-electron chi connectivity index (χ0n) is 16.7. The van der Waals surface area contributed by atoms with Crippen molar-refractivity contribution < 1.29 is 35.9 Å². The third-order valence-electron chi connectivity index (χ3n) is 3.83. The van der Waals surface area contributed by atoms with Gasteiger partial charge >= 0.3 is 6.18 Å². The molecule has 0 aliphatic carbocycles. The Morgan fingerprint density at radius 2 is 1.94 bits per heavy atom. The lowest BCUT2D eigenvalue weighted by molar-refractivity contribution is -0.141. The Kier molecular flexibility index (Phi) is 8.16. The molecule has 0 bridgehead atoms. The molecule has 0 saturated carbocycles. The Morgan fingerprint density at radius 3 is 2.53 bits per heavy atom. The quantitative estimate of drug-likeness (QED) is 0.326. The summed E-state index contributed by atoms with van der Waals surface area (Å²) in [5.41, 5.74) is -0.829. The molecule has 0 aliphatic heterocycles. The van der Waals surface area contributed by atoms with Crippen LogP contribution in [-0.4, -0.2) is 43.8 Å². The SMILES string of the molecule is CS(=O)(=O)Nc1ccc(CNC(=O)/C=C\c2ccc(C(F)(F)F)nc2NCCO)cc1F. The second-order valence-electron chi connectivity index (χ2n) is 6.52. The standard InChI is InChI=1S/C19H20F4N4O4S/c1-32(30,31)27-15-5-2-12(10-14(15)20)11-25-17(29)7-4-13-3-6-16(19(21,22)23)26-18(13)24-8-9-28/h2-7,10,27-28H,8-9,11H2,1H3,(H,24,26)(H,25,29)/b7-4-. The summed E-state index contributed by atoms with van der Waals surface area (Å²) >= 11 is 0. The van der Waals surface area contributed by atoms with E-state index in [1.54, 1.807) is 0 Å². The van der Waals surface area contributed by atoms with Crippen LogP contribution in [0, 0.1) is 5.82 Å². The third-order valence-corrected chi connectivity index (χ3v) is 4.42. The number of nitrogens with one attached hydrogen (secondary N) is 3. The van der Waals surface area contributed by atoms with Crippen molar-refractivity contribution in [2.45, 2.75) is 12.7 Å². The number of hydrogen-bond donors (Lipinski definition) is 4. The van der Waals surface area contributed by atoms with E-state index in [0.717, 1.165) is 30.5 Å². The van der Waals surface area contributed by atoms with Crippen LogP contribution in [0.15, 0.2) is 36.4 Å². The first-order valence-electron chi connectivity index (χ1n) is 9.04. The Labute approximate surface area is 181 Å². The van der Waals surface area contributed by atoms with E-state index >= 15 is 0 Å². The second kappa shape index (κ2) is 10.4. The maximum absolute atomic E-state index is 14.0. The van der Waals surface area contributed by atoms with Crippen molar-refractivity contribution in [1.29, 1.82) is 0 Å². The summed E-state index contributed by atoms with van der Waals surface area (Å²) in [5.74, 6) is -1.60. The van der Waals surface area contributed by atoms with Gasteiger partial charge in [0.15, 0.2) is 0 Å². The minimum Gasteiger partial charge on any atom is -0.395 e. The number of alkyl halides is 3. The zero-order chi connectivity index (χ0) is 23.9. The maximum Gasteiger partial charge on any atom is 0.433 e. The van der Waals surface area contributed by atoms with Crippen LogP contribution >= 0.6 is 0 Å². The molecule has 0 spiro atoms. The number of nitrogens with zero attached hydrogens (tertiary/aromatic N) is 1. The topological polar surface area (TPSA) is 120 Å². The van der Waals surface area contributed by atoms with Gasteiger partial charge in [0.25, 0.3) is 0 Å². The van der Waals surface area contributed by atoms with Crippen molar-refractivity contribution in [3.63, 3.8) is 0 Å². The number of hydrogen-bond acceptors (Lipinski definition) is 6. The van der Waals surface area contributed by atoms with Crippen molar-refractivity contribution in [2.75, 3.05) is 29.4 Å². The van der Waals surface area contributed by atoms with Crippen molar-refractivity contribution in [2.24, 2.45) is 0 Å². The normalized spacial score (nSPS) is 12.1. The summed E-state index contributed by atoms with van der Waals surface area (Å²) in [6.07, 6.45) is -1.48. The maximum atomic E-state index is 14.0. The Morgan fingerprint density at radius 1 is 1.22 bits per heavy atom. The van der Waals surface area contributed by atoms with Crippen LogP contribution in [0.25, 0.3) is 6.08 Å². The molecule has 0 radical (unpaired) electrons. The van der Waals surface area contributed by atoms with Crippen LogP contribution in [-0.2, 0) is 27.5 Å². The van der Waals surface area contributed by atoms with Crippen molar-refractivity contribution in [3.8, 4) is 0 Å². The largest absolute Gasteiger partial charge is 0.433 e. The number of aliphatic hydroxyl groups is 1. The highest BCUT2D eigenvalue weighted by Gasteiger charge is 2.32. The predicted molar refractivity (Wildman–Crippen MR) is 111 cm³/mol.